The minimum atomic E-state index is 0.281. The van der Waals surface area contributed by atoms with Crippen molar-refractivity contribution in [3.63, 3.8) is 0 Å². The van der Waals surface area contributed by atoms with Crippen LogP contribution in [0.2, 0.25) is 5.02 Å². The Kier molecular flexibility index (Phi) is 5.11. The fourth-order valence-corrected chi connectivity index (χ4v) is 6.95. The van der Waals surface area contributed by atoms with Crippen LogP contribution in [-0.4, -0.2) is 34.0 Å². The number of fused-ring (bicyclic) bond motifs is 3. The standard InChI is InChI=1S/C31H30ClN3/c32-25-10-12-28-29(20-25)34-30(33-28)23-7-5-21(6-8-23)24-9-11-26(19-24)35-17-15-31(16-18-35)14-13-22-3-1-2-4-27(22)31/h1-8,10,12-14,20,24,26H,9,11,15-19H2,(H,33,34). The van der Waals surface area contributed by atoms with E-state index in [1.165, 1.54) is 56.3 Å². The largest absolute Gasteiger partial charge is 0.338 e. The van der Waals surface area contributed by atoms with Gasteiger partial charge in [0.2, 0.25) is 0 Å². The number of benzene rings is 3. The summed E-state index contributed by atoms with van der Waals surface area (Å²) in [6.45, 7) is 2.43. The molecule has 2 atom stereocenters. The maximum atomic E-state index is 6.13. The van der Waals surface area contributed by atoms with Crippen LogP contribution in [0.1, 0.15) is 54.7 Å². The summed E-state index contributed by atoms with van der Waals surface area (Å²) in [6, 6.07) is 24.6. The van der Waals surface area contributed by atoms with Gasteiger partial charge in [-0.15, -0.1) is 0 Å². The summed E-state index contributed by atoms with van der Waals surface area (Å²) < 4.78 is 0. The maximum absolute atomic E-state index is 6.13. The monoisotopic (exact) mass is 479 g/mol. The predicted molar refractivity (Wildman–Crippen MR) is 145 cm³/mol. The zero-order valence-corrected chi connectivity index (χ0v) is 20.6. The second-order valence-electron chi connectivity index (χ2n) is 10.6. The van der Waals surface area contributed by atoms with Crippen molar-refractivity contribution in [2.75, 3.05) is 13.1 Å². The van der Waals surface area contributed by atoms with Crippen molar-refractivity contribution in [1.82, 2.24) is 14.9 Å². The van der Waals surface area contributed by atoms with Gasteiger partial charge in [0.1, 0.15) is 5.82 Å². The predicted octanol–water partition coefficient (Wildman–Crippen LogP) is 7.58. The molecule has 3 nitrogen and oxygen atoms in total. The molecule has 0 amide bonds. The molecular formula is C31H30ClN3. The molecular weight excluding hydrogens is 450 g/mol. The van der Waals surface area contributed by atoms with Crippen molar-refractivity contribution in [2.24, 2.45) is 0 Å². The highest BCUT2D eigenvalue weighted by Crippen LogP contribution is 2.45. The number of halogens is 1. The minimum absolute atomic E-state index is 0.281. The lowest BCUT2D eigenvalue weighted by molar-refractivity contribution is 0.133. The first kappa shape index (κ1) is 21.4. The van der Waals surface area contributed by atoms with Crippen LogP contribution in [0.4, 0.5) is 0 Å². The number of likely N-dealkylation sites (tertiary alicyclic amines) is 1. The summed E-state index contributed by atoms with van der Waals surface area (Å²) in [4.78, 5) is 10.9. The topological polar surface area (TPSA) is 31.9 Å². The Morgan fingerprint density at radius 1 is 0.943 bits per heavy atom. The Labute approximate surface area is 211 Å². The number of rotatable bonds is 3. The summed E-state index contributed by atoms with van der Waals surface area (Å²) in [5.74, 6) is 1.56. The number of nitrogens with zero attached hydrogens (tertiary/aromatic N) is 2. The van der Waals surface area contributed by atoms with Crippen molar-refractivity contribution in [2.45, 2.75) is 49.5 Å². The smallest absolute Gasteiger partial charge is 0.138 e. The lowest BCUT2D eigenvalue weighted by Crippen LogP contribution is -2.45. The number of nitrogens with one attached hydrogen (secondary N) is 1. The molecule has 7 rings (SSSR count). The second kappa shape index (κ2) is 8.36. The Morgan fingerprint density at radius 2 is 1.77 bits per heavy atom. The van der Waals surface area contributed by atoms with E-state index in [2.05, 4.69) is 70.6 Å². The average Bonchev–Trinajstić information content (AvgIpc) is 3.63. The number of allylic oxidation sites excluding steroid dienone is 1. The first-order chi connectivity index (χ1) is 17.2. The molecule has 4 heteroatoms. The molecule has 2 aliphatic carbocycles. The third-order valence-electron chi connectivity index (χ3n) is 8.79. The van der Waals surface area contributed by atoms with Crippen LogP contribution in [0.15, 0.2) is 72.8 Å². The number of aromatic amines is 1. The molecule has 4 aromatic rings. The lowest BCUT2D eigenvalue weighted by Gasteiger charge is -2.42. The van der Waals surface area contributed by atoms with Gasteiger partial charge in [-0.05, 0) is 86.0 Å². The Hall–Kier alpha value is -2.88. The molecule has 0 radical (unpaired) electrons. The number of piperidine rings is 1. The molecule has 2 fully saturated rings. The molecule has 35 heavy (non-hydrogen) atoms. The third-order valence-corrected chi connectivity index (χ3v) is 9.03. The Bertz CT molecular complexity index is 1410. The highest BCUT2D eigenvalue weighted by Gasteiger charge is 2.40. The van der Waals surface area contributed by atoms with Gasteiger partial charge in [0.15, 0.2) is 0 Å². The Morgan fingerprint density at radius 3 is 2.63 bits per heavy atom. The van der Waals surface area contributed by atoms with E-state index in [1.54, 1.807) is 5.56 Å². The van der Waals surface area contributed by atoms with Gasteiger partial charge in [-0.2, -0.15) is 0 Å². The van der Waals surface area contributed by atoms with Crippen molar-refractivity contribution < 1.29 is 0 Å². The van der Waals surface area contributed by atoms with Gasteiger partial charge in [-0.3, -0.25) is 0 Å². The summed E-state index contributed by atoms with van der Waals surface area (Å²) in [5.41, 5.74) is 7.79. The maximum Gasteiger partial charge on any atom is 0.138 e. The number of hydrogen-bond donors (Lipinski definition) is 1. The summed E-state index contributed by atoms with van der Waals surface area (Å²) in [6.07, 6.45) is 11.2. The van der Waals surface area contributed by atoms with Crippen LogP contribution < -0.4 is 0 Å². The van der Waals surface area contributed by atoms with Crippen LogP contribution >= 0.6 is 11.6 Å². The van der Waals surface area contributed by atoms with E-state index < -0.39 is 0 Å². The zero-order chi connectivity index (χ0) is 23.4. The SMILES string of the molecule is Clc1ccc2[nH]c(-c3ccc(C4CCC(N5CCC6(C=Cc7ccccc76)CC5)C4)cc3)nc2c1. The molecule has 1 aromatic heterocycles. The lowest BCUT2D eigenvalue weighted by atomic mass is 9.74. The third kappa shape index (κ3) is 3.73. The van der Waals surface area contributed by atoms with Gasteiger partial charge in [-0.25, -0.2) is 4.98 Å². The van der Waals surface area contributed by atoms with Crippen LogP contribution in [0.5, 0.6) is 0 Å². The van der Waals surface area contributed by atoms with Crippen molar-refractivity contribution in [3.05, 3.63) is 94.5 Å². The molecule has 3 aliphatic rings. The quantitative estimate of drug-likeness (QED) is 0.328. The fourth-order valence-electron chi connectivity index (χ4n) is 6.78. The van der Waals surface area contributed by atoms with E-state index >= 15 is 0 Å². The molecule has 0 bridgehead atoms. The van der Waals surface area contributed by atoms with E-state index in [4.69, 9.17) is 16.6 Å². The van der Waals surface area contributed by atoms with Gasteiger partial charge in [0.25, 0.3) is 0 Å². The van der Waals surface area contributed by atoms with Crippen molar-refractivity contribution in [1.29, 1.82) is 0 Å². The van der Waals surface area contributed by atoms with Gasteiger partial charge in [-0.1, -0.05) is 72.3 Å². The van der Waals surface area contributed by atoms with E-state index in [1.807, 2.05) is 18.2 Å². The molecule has 2 unspecified atom stereocenters. The average molecular weight is 480 g/mol. The zero-order valence-electron chi connectivity index (χ0n) is 19.9. The summed E-state index contributed by atoms with van der Waals surface area (Å²) in [5, 5.41) is 0.718. The molecule has 2 heterocycles. The van der Waals surface area contributed by atoms with E-state index in [-0.39, 0.29) is 5.41 Å². The van der Waals surface area contributed by atoms with Crippen LogP contribution in [0, 0.1) is 0 Å². The number of imidazole rings is 1. The highest BCUT2D eigenvalue weighted by atomic mass is 35.5. The van der Waals surface area contributed by atoms with E-state index in [0.29, 0.717) is 5.92 Å². The summed E-state index contributed by atoms with van der Waals surface area (Å²) in [7, 11) is 0. The van der Waals surface area contributed by atoms with Crippen LogP contribution in [0.3, 0.4) is 0 Å². The molecule has 3 aromatic carbocycles. The molecule has 1 saturated heterocycles. The number of hydrogen-bond acceptors (Lipinski definition) is 2. The number of H-pyrrole nitrogens is 1. The van der Waals surface area contributed by atoms with E-state index in [0.717, 1.165) is 33.5 Å². The molecule has 1 N–H and O–H groups in total. The van der Waals surface area contributed by atoms with Gasteiger partial charge in [0, 0.05) is 22.0 Å². The molecule has 1 aliphatic heterocycles. The molecule has 1 spiro atoms. The van der Waals surface area contributed by atoms with Crippen LogP contribution in [-0.2, 0) is 5.41 Å². The van der Waals surface area contributed by atoms with Crippen LogP contribution in [0.25, 0.3) is 28.5 Å². The second-order valence-corrected chi connectivity index (χ2v) is 11.1. The van der Waals surface area contributed by atoms with Crippen molar-refractivity contribution in [3.8, 4) is 11.4 Å². The van der Waals surface area contributed by atoms with Gasteiger partial charge >= 0.3 is 0 Å². The highest BCUT2D eigenvalue weighted by molar-refractivity contribution is 6.31. The van der Waals surface area contributed by atoms with Gasteiger partial charge in [0.05, 0.1) is 11.0 Å². The van der Waals surface area contributed by atoms with Crippen molar-refractivity contribution >= 4 is 28.7 Å². The number of aromatic nitrogens is 2. The Balaban J connectivity index is 1.01. The first-order valence-corrected chi connectivity index (χ1v) is 13.3. The first-order valence-electron chi connectivity index (χ1n) is 13.0. The molecule has 1 saturated carbocycles. The fraction of sp³-hybridized carbons (Fsp3) is 0.323. The summed E-state index contributed by atoms with van der Waals surface area (Å²) >= 11 is 6.13. The normalized spacial score (nSPS) is 23.3. The van der Waals surface area contributed by atoms with E-state index in [9.17, 15) is 0 Å². The van der Waals surface area contributed by atoms with Gasteiger partial charge < -0.3 is 9.88 Å². The molecule has 176 valence electrons. The minimum Gasteiger partial charge on any atom is -0.338 e.